The summed E-state index contributed by atoms with van der Waals surface area (Å²) in [6, 6.07) is 7.98. The predicted octanol–water partition coefficient (Wildman–Crippen LogP) is 2.73. The average Bonchev–Trinajstić information content (AvgIpc) is 2.29. The first-order valence-corrected chi connectivity index (χ1v) is 6.15. The minimum Gasteiger partial charge on any atom is -0.330 e. The van der Waals surface area contributed by atoms with Crippen molar-refractivity contribution in [2.45, 2.75) is 33.1 Å². The Labute approximate surface area is 103 Å². The van der Waals surface area contributed by atoms with Crippen LogP contribution in [0.15, 0.2) is 24.3 Å². The Bertz CT molecular complexity index is 374. The van der Waals surface area contributed by atoms with E-state index >= 15 is 0 Å². The molecule has 1 aromatic carbocycles. The number of anilines is 1. The number of nitrogens with one attached hydrogen (secondary N) is 1. The highest BCUT2D eigenvalue weighted by atomic mass is 16.1. The standard InChI is InChI=1S/C14H22N2O/c1-10(2)12-5-4-6-13(9-12)16-14(17)11(3)7-8-15/h4-6,9-11H,7-8,15H2,1-3H3,(H,16,17). The Morgan fingerprint density at radius 1 is 1.35 bits per heavy atom. The maximum Gasteiger partial charge on any atom is 0.227 e. The summed E-state index contributed by atoms with van der Waals surface area (Å²) in [5.41, 5.74) is 7.54. The van der Waals surface area contributed by atoms with E-state index in [9.17, 15) is 4.79 Å². The number of rotatable bonds is 5. The lowest BCUT2D eigenvalue weighted by molar-refractivity contribution is -0.119. The van der Waals surface area contributed by atoms with Gasteiger partial charge in [0, 0.05) is 11.6 Å². The first kappa shape index (κ1) is 13.7. The SMILES string of the molecule is CC(CCN)C(=O)Nc1cccc(C(C)C)c1. The smallest absolute Gasteiger partial charge is 0.227 e. The van der Waals surface area contributed by atoms with Gasteiger partial charge >= 0.3 is 0 Å². The normalized spacial score (nSPS) is 12.5. The third-order valence-corrected chi connectivity index (χ3v) is 2.87. The number of benzene rings is 1. The number of carbonyl (C=O) groups excluding carboxylic acids is 1. The van der Waals surface area contributed by atoms with Crippen LogP contribution in [0.2, 0.25) is 0 Å². The van der Waals surface area contributed by atoms with E-state index in [0.717, 1.165) is 12.1 Å². The lowest BCUT2D eigenvalue weighted by Crippen LogP contribution is -2.22. The summed E-state index contributed by atoms with van der Waals surface area (Å²) in [6.07, 6.45) is 0.718. The van der Waals surface area contributed by atoms with Gasteiger partial charge in [0.25, 0.3) is 0 Å². The zero-order valence-corrected chi connectivity index (χ0v) is 10.9. The van der Waals surface area contributed by atoms with Gasteiger partial charge in [0.1, 0.15) is 0 Å². The van der Waals surface area contributed by atoms with Crippen LogP contribution in [0.5, 0.6) is 0 Å². The van der Waals surface area contributed by atoms with Crippen molar-refractivity contribution in [1.29, 1.82) is 0 Å². The van der Waals surface area contributed by atoms with Gasteiger partial charge in [-0.25, -0.2) is 0 Å². The molecule has 0 aliphatic heterocycles. The first-order chi connectivity index (χ1) is 8.04. The van der Waals surface area contributed by atoms with Crippen LogP contribution in [0.3, 0.4) is 0 Å². The van der Waals surface area contributed by atoms with E-state index in [1.807, 2.05) is 25.1 Å². The highest BCUT2D eigenvalue weighted by Crippen LogP contribution is 2.19. The molecular weight excluding hydrogens is 212 g/mol. The third kappa shape index (κ3) is 4.19. The van der Waals surface area contributed by atoms with Gasteiger partial charge in [-0.15, -0.1) is 0 Å². The molecule has 1 unspecified atom stereocenters. The Kier molecular flexibility index (Phi) is 5.16. The summed E-state index contributed by atoms with van der Waals surface area (Å²) < 4.78 is 0. The molecule has 0 fully saturated rings. The van der Waals surface area contributed by atoms with Crippen molar-refractivity contribution in [2.75, 3.05) is 11.9 Å². The molecule has 0 saturated carbocycles. The maximum atomic E-state index is 11.8. The summed E-state index contributed by atoms with van der Waals surface area (Å²) in [6.45, 7) is 6.71. The number of carbonyl (C=O) groups is 1. The highest BCUT2D eigenvalue weighted by molar-refractivity contribution is 5.92. The molecule has 94 valence electrons. The van der Waals surface area contributed by atoms with Crippen molar-refractivity contribution >= 4 is 11.6 Å². The molecular formula is C14H22N2O. The van der Waals surface area contributed by atoms with Crippen LogP contribution >= 0.6 is 0 Å². The Balaban J connectivity index is 2.68. The van der Waals surface area contributed by atoms with Crippen LogP contribution in [0.1, 0.15) is 38.7 Å². The second-order valence-corrected chi connectivity index (χ2v) is 4.75. The minimum atomic E-state index is -0.0392. The minimum absolute atomic E-state index is 0.0383. The molecule has 1 rings (SSSR count). The van der Waals surface area contributed by atoms with E-state index in [-0.39, 0.29) is 11.8 Å². The maximum absolute atomic E-state index is 11.8. The van der Waals surface area contributed by atoms with Crippen molar-refractivity contribution in [3.8, 4) is 0 Å². The van der Waals surface area contributed by atoms with Gasteiger partial charge in [0.2, 0.25) is 5.91 Å². The number of hydrogen-bond donors (Lipinski definition) is 2. The van der Waals surface area contributed by atoms with Gasteiger partial charge in [-0.1, -0.05) is 32.9 Å². The van der Waals surface area contributed by atoms with Gasteiger partial charge in [-0.2, -0.15) is 0 Å². The summed E-state index contributed by atoms with van der Waals surface area (Å²) in [5.74, 6) is 0.465. The van der Waals surface area contributed by atoms with Crippen LogP contribution < -0.4 is 11.1 Å². The fraction of sp³-hybridized carbons (Fsp3) is 0.500. The summed E-state index contributed by atoms with van der Waals surface area (Å²) >= 11 is 0. The van der Waals surface area contributed by atoms with E-state index in [1.165, 1.54) is 5.56 Å². The molecule has 0 spiro atoms. The second-order valence-electron chi connectivity index (χ2n) is 4.75. The van der Waals surface area contributed by atoms with Gasteiger partial charge in [0.15, 0.2) is 0 Å². The van der Waals surface area contributed by atoms with Gasteiger partial charge in [-0.3, -0.25) is 4.79 Å². The van der Waals surface area contributed by atoms with E-state index in [4.69, 9.17) is 5.73 Å². The molecule has 0 aliphatic rings. The van der Waals surface area contributed by atoms with Crippen LogP contribution in [-0.4, -0.2) is 12.5 Å². The number of nitrogens with two attached hydrogens (primary N) is 1. The second kappa shape index (κ2) is 6.40. The molecule has 17 heavy (non-hydrogen) atoms. The molecule has 3 heteroatoms. The van der Waals surface area contributed by atoms with Crippen LogP contribution in [0, 0.1) is 5.92 Å². The van der Waals surface area contributed by atoms with Crippen molar-refractivity contribution in [2.24, 2.45) is 11.7 Å². The summed E-state index contributed by atoms with van der Waals surface area (Å²) in [5, 5.41) is 2.93. The lowest BCUT2D eigenvalue weighted by atomic mass is 10.0. The molecule has 1 atom stereocenters. The Morgan fingerprint density at radius 2 is 2.06 bits per heavy atom. The van der Waals surface area contributed by atoms with Crippen molar-refractivity contribution in [1.82, 2.24) is 0 Å². The van der Waals surface area contributed by atoms with Gasteiger partial charge in [-0.05, 0) is 36.6 Å². The molecule has 0 heterocycles. The van der Waals surface area contributed by atoms with Crippen LogP contribution in [0.4, 0.5) is 5.69 Å². The van der Waals surface area contributed by atoms with Crippen LogP contribution in [0.25, 0.3) is 0 Å². The van der Waals surface area contributed by atoms with E-state index < -0.39 is 0 Å². The predicted molar refractivity (Wildman–Crippen MR) is 72.0 cm³/mol. The molecule has 0 radical (unpaired) electrons. The fourth-order valence-electron chi connectivity index (χ4n) is 1.62. The summed E-state index contributed by atoms with van der Waals surface area (Å²) in [7, 11) is 0. The first-order valence-electron chi connectivity index (χ1n) is 6.15. The van der Waals surface area contributed by atoms with Crippen molar-refractivity contribution in [3.05, 3.63) is 29.8 Å². The van der Waals surface area contributed by atoms with E-state index in [0.29, 0.717) is 12.5 Å². The molecule has 3 N–H and O–H groups in total. The highest BCUT2D eigenvalue weighted by Gasteiger charge is 2.12. The molecule has 0 saturated heterocycles. The quantitative estimate of drug-likeness (QED) is 0.823. The summed E-state index contributed by atoms with van der Waals surface area (Å²) in [4.78, 5) is 11.8. The average molecular weight is 234 g/mol. The van der Waals surface area contributed by atoms with Crippen LogP contribution in [-0.2, 0) is 4.79 Å². The van der Waals surface area contributed by atoms with Crippen molar-refractivity contribution < 1.29 is 4.79 Å². The third-order valence-electron chi connectivity index (χ3n) is 2.87. The fourth-order valence-corrected chi connectivity index (χ4v) is 1.62. The van der Waals surface area contributed by atoms with E-state index in [1.54, 1.807) is 0 Å². The lowest BCUT2D eigenvalue weighted by Gasteiger charge is -2.13. The molecule has 1 amide bonds. The zero-order valence-electron chi connectivity index (χ0n) is 10.9. The van der Waals surface area contributed by atoms with Crippen molar-refractivity contribution in [3.63, 3.8) is 0 Å². The molecule has 0 aliphatic carbocycles. The Hall–Kier alpha value is -1.35. The Morgan fingerprint density at radius 3 is 2.65 bits per heavy atom. The molecule has 0 aromatic heterocycles. The zero-order chi connectivity index (χ0) is 12.8. The molecule has 3 nitrogen and oxygen atoms in total. The van der Waals surface area contributed by atoms with Gasteiger partial charge < -0.3 is 11.1 Å². The topological polar surface area (TPSA) is 55.1 Å². The largest absolute Gasteiger partial charge is 0.330 e. The molecule has 1 aromatic rings. The van der Waals surface area contributed by atoms with E-state index in [2.05, 4.69) is 25.2 Å². The number of hydrogen-bond acceptors (Lipinski definition) is 2. The number of amides is 1. The van der Waals surface area contributed by atoms with Gasteiger partial charge in [0.05, 0.1) is 0 Å². The molecule has 0 bridgehead atoms. The monoisotopic (exact) mass is 234 g/mol.